The summed E-state index contributed by atoms with van der Waals surface area (Å²) in [4.78, 5) is 23.6. The van der Waals surface area contributed by atoms with Gasteiger partial charge in [0.25, 0.3) is 5.92 Å². The number of ether oxygens (including phenoxy) is 1. The van der Waals surface area contributed by atoms with Crippen molar-refractivity contribution in [1.29, 1.82) is 0 Å². The fourth-order valence-electron chi connectivity index (χ4n) is 3.91. The number of rotatable bonds is 13. The number of carboxylic acids is 1. The van der Waals surface area contributed by atoms with Crippen LogP contribution in [-0.4, -0.2) is 43.8 Å². The number of aliphatic carboxylic acids is 1. The summed E-state index contributed by atoms with van der Waals surface area (Å²) in [5.41, 5.74) is 0. The van der Waals surface area contributed by atoms with Crippen molar-refractivity contribution in [3.8, 4) is 5.75 Å². The van der Waals surface area contributed by atoms with Crippen molar-refractivity contribution in [3.05, 3.63) is 54.6 Å². The van der Waals surface area contributed by atoms with Crippen LogP contribution in [0, 0.1) is 11.8 Å². The Kier molecular flexibility index (Phi) is 10.6. The molecule has 3 atom stereocenters. The monoisotopic (exact) mass is 522 g/mol. The van der Waals surface area contributed by atoms with Crippen LogP contribution < -0.4 is 4.74 Å². The zero-order valence-electron chi connectivity index (χ0n) is 22.0. The lowest BCUT2D eigenvalue weighted by Gasteiger charge is -2.39. The molecule has 1 saturated carbocycles. The number of alkyl halides is 2. The maximum Gasteiger partial charge on any atom is 0.303 e. The number of halogens is 2. The molecular weight excluding hydrogens is 482 g/mol. The molecule has 8 heteroatoms. The molecule has 0 amide bonds. The van der Waals surface area contributed by atoms with E-state index in [2.05, 4.69) is 33.9 Å². The van der Waals surface area contributed by atoms with Gasteiger partial charge in [-0.1, -0.05) is 57.2 Å². The van der Waals surface area contributed by atoms with Crippen LogP contribution in [0.25, 0.3) is 0 Å². The molecule has 1 fully saturated rings. The van der Waals surface area contributed by atoms with Gasteiger partial charge < -0.3 is 14.3 Å². The number of hydrogen-bond acceptors (Lipinski definition) is 4. The van der Waals surface area contributed by atoms with Gasteiger partial charge in [0.05, 0.1) is 6.10 Å². The molecule has 5 nitrogen and oxygen atoms in total. The van der Waals surface area contributed by atoms with Gasteiger partial charge in [-0.05, 0) is 55.6 Å². The molecule has 1 unspecified atom stereocenters. The molecule has 1 aromatic rings. The van der Waals surface area contributed by atoms with Gasteiger partial charge in [0.2, 0.25) is 0 Å². The third kappa shape index (κ3) is 9.28. The number of carboxylic acid groups (broad SMARTS) is 1. The Hall–Kier alpha value is -2.32. The molecule has 1 aromatic carbocycles. The molecule has 2 rings (SSSR count). The Bertz CT molecular complexity index is 922. The van der Waals surface area contributed by atoms with Gasteiger partial charge >= 0.3 is 5.97 Å². The van der Waals surface area contributed by atoms with Crippen LogP contribution in [0.2, 0.25) is 18.1 Å². The minimum Gasteiger partial charge on any atom is -0.487 e. The fourth-order valence-corrected chi connectivity index (χ4v) is 5.26. The van der Waals surface area contributed by atoms with E-state index in [-0.39, 0.29) is 23.7 Å². The average molecular weight is 523 g/mol. The highest BCUT2D eigenvalue weighted by atomic mass is 28.4. The van der Waals surface area contributed by atoms with Gasteiger partial charge in [0, 0.05) is 24.7 Å². The lowest BCUT2D eigenvalue weighted by molar-refractivity contribution is -0.137. The van der Waals surface area contributed by atoms with Crippen LogP contribution in [0.4, 0.5) is 8.78 Å². The Morgan fingerprint density at radius 1 is 1.17 bits per heavy atom. The number of para-hydroxylation sites is 1. The number of hydrogen-bond donors (Lipinski definition) is 1. The minimum atomic E-state index is -3.21. The Balaban J connectivity index is 2.16. The molecule has 0 spiro atoms. The Labute approximate surface area is 214 Å². The van der Waals surface area contributed by atoms with Crippen molar-refractivity contribution >= 4 is 20.1 Å². The molecule has 0 heterocycles. The van der Waals surface area contributed by atoms with Crippen molar-refractivity contribution in [1.82, 2.24) is 0 Å². The standard InChI is InChI=1S/C28H40F2O5Si/c1-27(2,3)36(4,5)35-25-19-24(31)22(15-11-6-7-12-16-26(32)33)23(25)17-18-28(29,30)20-34-21-13-9-8-10-14-21/h6,8-11,13-14,17-18,22-23,25H,7,12,15-16,19-20H2,1-5H3,(H,32,33)/b11-6-,18-17?/t22?,23-,25-/m1/s1. The summed E-state index contributed by atoms with van der Waals surface area (Å²) in [7, 11) is -2.24. The average Bonchev–Trinajstić information content (AvgIpc) is 3.06. The highest BCUT2D eigenvalue weighted by Gasteiger charge is 2.47. The summed E-state index contributed by atoms with van der Waals surface area (Å²) in [6, 6.07) is 8.46. The summed E-state index contributed by atoms with van der Waals surface area (Å²) in [5.74, 6) is -4.61. The van der Waals surface area contributed by atoms with Crippen LogP contribution in [-0.2, 0) is 14.0 Å². The third-order valence-electron chi connectivity index (χ3n) is 7.02. The first kappa shape index (κ1) is 29.9. The second-order valence-electron chi connectivity index (χ2n) is 11.0. The lowest BCUT2D eigenvalue weighted by Crippen LogP contribution is -2.45. The fraction of sp³-hybridized carbons (Fsp3) is 0.571. The molecule has 1 aliphatic rings. The van der Waals surface area contributed by atoms with E-state index in [1.807, 2.05) is 12.2 Å². The topological polar surface area (TPSA) is 72.8 Å². The van der Waals surface area contributed by atoms with Gasteiger partial charge in [0.1, 0.15) is 11.5 Å². The van der Waals surface area contributed by atoms with Crippen LogP contribution in [0.15, 0.2) is 54.6 Å². The lowest BCUT2D eigenvalue weighted by atomic mass is 9.90. The summed E-state index contributed by atoms with van der Waals surface area (Å²) in [6.07, 6.45) is 7.36. The SMILES string of the molecule is CC(C)(C)[Si](C)(C)O[C@@H]1CC(=O)C(C/C=C\CCCC(=O)O)[C@H]1C=CC(F)(F)COc1ccccc1. The summed E-state index contributed by atoms with van der Waals surface area (Å²) >= 11 is 0. The van der Waals surface area contributed by atoms with Crippen molar-refractivity contribution in [2.45, 2.75) is 83.0 Å². The molecule has 1 N–H and O–H groups in total. The van der Waals surface area contributed by atoms with Gasteiger partial charge in [-0.15, -0.1) is 0 Å². The predicted octanol–water partition coefficient (Wildman–Crippen LogP) is 7.05. The van der Waals surface area contributed by atoms with Gasteiger partial charge in [-0.3, -0.25) is 9.59 Å². The van der Waals surface area contributed by atoms with E-state index < -0.39 is 44.8 Å². The second kappa shape index (κ2) is 12.8. The number of unbranched alkanes of at least 4 members (excludes halogenated alkanes) is 1. The smallest absolute Gasteiger partial charge is 0.303 e. The van der Waals surface area contributed by atoms with Gasteiger partial charge in [-0.25, -0.2) is 0 Å². The van der Waals surface area contributed by atoms with Crippen LogP contribution in [0.5, 0.6) is 5.75 Å². The largest absolute Gasteiger partial charge is 0.487 e. The van der Waals surface area contributed by atoms with Gasteiger partial charge in [-0.2, -0.15) is 8.78 Å². The maximum absolute atomic E-state index is 14.7. The van der Waals surface area contributed by atoms with Crippen LogP contribution in [0.3, 0.4) is 0 Å². The van der Waals surface area contributed by atoms with Gasteiger partial charge in [0.15, 0.2) is 14.9 Å². The van der Waals surface area contributed by atoms with Crippen molar-refractivity contribution < 1.29 is 32.6 Å². The van der Waals surface area contributed by atoms with E-state index >= 15 is 0 Å². The first-order valence-electron chi connectivity index (χ1n) is 12.5. The molecule has 0 saturated heterocycles. The second-order valence-corrected chi connectivity index (χ2v) is 15.7. The highest BCUT2D eigenvalue weighted by Crippen LogP contribution is 2.43. The Morgan fingerprint density at radius 3 is 2.44 bits per heavy atom. The first-order chi connectivity index (χ1) is 16.7. The zero-order valence-corrected chi connectivity index (χ0v) is 23.0. The number of Topliss-reactive ketones (excluding diaryl/α,β-unsaturated/α-hetero) is 1. The van der Waals surface area contributed by atoms with Crippen LogP contribution >= 0.6 is 0 Å². The molecule has 36 heavy (non-hydrogen) atoms. The Morgan fingerprint density at radius 2 is 1.83 bits per heavy atom. The summed E-state index contributed by atoms with van der Waals surface area (Å²) in [5, 5.41) is 8.68. The van der Waals surface area contributed by atoms with Crippen LogP contribution in [0.1, 0.15) is 52.9 Å². The summed E-state index contributed by atoms with van der Waals surface area (Å²) < 4.78 is 41.2. The molecule has 200 valence electrons. The molecule has 0 aromatic heterocycles. The quantitative estimate of drug-likeness (QED) is 0.171. The number of benzene rings is 1. The van der Waals surface area contributed by atoms with Crippen molar-refractivity contribution in [3.63, 3.8) is 0 Å². The zero-order chi connectivity index (χ0) is 27.0. The van der Waals surface area contributed by atoms with Crippen molar-refractivity contribution in [2.24, 2.45) is 11.8 Å². The number of carbonyl (C=O) groups is 2. The first-order valence-corrected chi connectivity index (χ1v) is 15.4. The van der Waals surface area contributed by atoms with E-state index in [9.17, 15) is 18.4 Å². The predicted molar refractivity (Wildman–Crippen MR) is 140 cm³/mol. The normalized spacial score (nSPS) is 21.5. The molecule has 1 aliphatic carbocycles. The minimum absolute atomic E-state index is 0.00685. The molecular formula is C28H40F2O5Si. The maximum atomic E-state index is 14.7. The van der Waals surface area contributed by atoms with E-state index in [1.165, 1.54) is 6.08 Å². The van der Waals surface area contributed by atoms with Crippen molar-refractivity contribution in [2.75, 3.05) is 6.61 Å². The molecule has 0 aliphatic heterocycles. The third-order valence-corrected chi connectivity index (χ3v) is 11.5. The number of ketones is 1. The highest BCUT2D eigenvalue weighted by molar-refractivity contribution is 6.74. The van der Waals surface area contributed by atoms with E-state index in [0.29, 0.717) is 25.0 Å². The van der Waals surface area contributed by atoms with E-state index in [4.69, 9.17) is 14.3 Å². The summed E-state index contributed by atoms with van der Waals surface area (Å²) in [6.45, 7) is 9.70. The molecule has 0 bridgehead atoms. The number of allylic oxidation sites excluding steroid dienone is 2. The van der Waals surface area contributed by atoms with E-state index in [0.717, 1.165) is 6.08 Å². The van der Waals surface area contributed by atoms with E-state index in [1.54, 1.807) is 30.3 Å². The number of carbonyl (C=O) groups excluding carboxylic acids is 1. The molecule has 0 radical (unpaired) electrons.